The zero-order valence-corrected chi connectivity index (χ0v) is 16.2. The summed E-state index contributed by atoms with van der Waals surface area (Å²) in [6, 6.07) is 12.4. The number of ketones is 1. The number of anilines is 1. The van der Waals surface area contributed by atoms with Gasteiger partial charge in [-0.1, -0.05) is 28.1 Å². The average molecular weight is 421 g/mol. The molecule has 0 heterocycles. The fourth-order valence-electron chi connectivity index (χ4n) is 2.06. The van der Waals surface area contributed by atoms with E-state index in [0.717, 1.165) is 10.0 Å². The molecule has 0 radical (unpaired) electrons. The molecule has 2 aromatic rings. The molecule has 0 unspecified atom stereocenters. The van der Waals surface area contributed by atoms with Crippen LogP contribution in [0.25, 0.3) is 0 Å². The Morgan fingerprint density at radius 2 is 1.96 bits per heavy atom. The van der Waals surface area contributed by atoms with E-state index in [1.54, 1.807) is 30.3 Å². The van der Waals surface area contributed by atoms with Gasteiger partial charge in [0.1, 0.15) is 5.75 Å². The SMILES string of the molecule is CC(=O)c1cccc(NC(=S)NC(=O)COc2ccc(Br)cc2C)c1. The highest BCUT2D eigenvalue weighted by Gasteiger charge is 2.08. The molecule has 130 valence electrons. The van der Waals surface area contributed by atoms with Gasteiger partial charge in [0, 0.05) is 15.7 Å². The first-order valence-corrected chi connectivity index (χ1v) is 8.66. The van der Waals surface area contributed by atoms with E-state index >= 15 is 0 Å². The maximum Gasteiger partial charge on any atom is 0.264 e. The number of hydrogen-bond acceptors (Lipinski definition) is 4. The third-order valence-electron chi connectivity index (χ3n) is 3.28. The van der Waals surface area contributed by atoms with Crippen LogP contribution in [0.2, 0.25) is 0 Å². The van der Waals surface area contributed by atoms with Gasteiger partial charge in [0.05, 0.1) is 0 Å². The number of thiocarbonyl (C=S) groups is 1. The van der Waals surface area contributed by atoms with Gasteiger partial charge in [-0.05, 0) is 62.0 Å². The third-order valence-corrected chi connectivity index (χ3v) is 3.97. The lowest BCUT2D eigenvalue weighted by molar-refractivity contribution is -0.121. The van der Waals surface area contributed by atoms with Crippen LogP contribution < -0.4 is 15.4 Å². The summed E-state index contributed by atoms with van der Waals surface area (Å²) in [5, 5.41) is 5.55. The van der Waals surface area contributed by atoms with Crippen LogP contribution in [-0.4, -0.2) is 23.4 Å². The van der Waals surface area contributed by atoms with Crippen LogP contribution in [0.4, 0.5) is 5.69 Å². The number of carbonyl (C=O) groups is 2. The molecule has 2 aromatic carbocycles. The molecule has 0 fully saturated rings. The van der Waals surface area contributed by atoms with Crippen LogP contribution >= 0.6 is 28.1 Å². The minimum absolute atomic E-state index is 0.0446. The van der Waals surface area contributed by atoms with Crippen LogP contribution in [0.3, 0.4) is 0 Å². The maximum absolute atomic E-state index is 11.9. The highest BCUT2D eigenvalue weighted by Crippen LogP contribution is 2.21. The van der Waals surface area contributed by atoms with Crippen LogP contribution in [-0.2, 0) is 4.79 Å². The van der Waals surface area contributed by atoms with Crippen LogP contribution in [0.1, 0.15) is 22.8 Å². The van der Waals surface area contributed by atoms with Gasteiger partial charge in [-0.3, -0.25) is 14.9 Å². The number of amides is 1. The van der Waals surface area contributed by atoms with E-state index in [1.807, 2.05) is 19.1 Å². The number of aryl methyl sites for hydroxylation is 1. The number of halogens is 1. The predicted molar refractivity (Wildman–Crippen MR) is 105 cm³/mol. The van der Waals surface area contributed by atoms with Gasteiger partial charge in [0.25, 0.3) is 5.91 Å². The van der Waals surface area contributed by atoms with Crippen molar-refractivity contribution in [3.63, 3.8) is 0 Å². The maximum atomic E-state index is 11.9. The summed E-state index contributed by atoms with van der Waals surface area (Å²) in [6.45, 7) is 3.23. The Kier molecular flexibility index (Phi) is 6.66. The number of rotatable bonds is 5. The Balaban J connectivity index is 1.86. The molecule has 0 spiro atoms. The van der Waals surface area contributed by atoms with Crippen LogP contribution in [0.15, 0.2) is 46.9 Å². The van der Waals surface area contributed by atoms with Crippen molar-refractivity contribution >= 4 is 50.6 Å². The molecule has 0 aliphatic carbocycles. The lowest BCUT2D eigenvalue weighted by Gasteiger charge is -2.12. The Hall–Kier alpha value is -2.25. The Labute approximate surface area is 159 Å². The fraction of sp³-hybridized carbons (Fsp3) is 0.167. The summed E-state index contributed by atoms with van der Waals surface area (Å²) in [5.41, 5.74) is 2.11. The first kappa shape index (κ1) is 19.1. The number of ether oxygens (including phenoxy) is 1. The Morgan fingerprint density at radius 1 is 1.20 bits per heavy atom. The molecule has 0 aromatic heterocycles. The second-order valence-electron chi connectivity index (χ2n) is 5.34. The van der Waals surface area contributed by atoms with Crippen molar-refractivity contribution in [3.05, 3.63) is 58.1 Å². The third kappa shape index (κ3) is 5.95. The highest BCUT2D eigenvalue weighted by molar-refractivity contribution is 9.10. The molecule has 5 nitrogen and oxygen atoms in total. The minimum Gasteiger partial charge on any atom is -0.483 e. The molecule has 0 atom stereocenters. The van der Waals surface area contributed by atoms with Gasteiger partial charge in [-0.25, -0.2) is 0 Å². The van der Waals surface area contributed by atoms with Crippen LogP contribution in [0.5, 0.6) is 5.75 Å². The van der Waals surface area contributed by atoms with E-state index in [4.69, 9.17) is 17.0 Å². The molecule has 25 heavy (non-hydrogen) atoms. The summed E-state index contributed by atoms with van der Waals surface area (Å²) in [7, 11) is 0. The van der Waals surface area contributed by atoms with Gasteiger partial charge in [0.15, 0.2) is 17.5 Å². The van der Waals surface area contributed by atoms with Crippen molar-refractivity contribution in [1.82, 2.24) is 5.32 Å². The van der Waals surface area contributed by atoms with E-state index in [-0.39, 0.29) is 23.4 Å². The lowest BCUT2D eigenvalue weighted by Crippen LogP contribution is -2.37. The summed E-state index contributed by atoms with van der Waals surface area (Å²) in [5.74, 6) is 0.214. The molecular formula is C18H17BrN2O3S. The van der Waals surface area contributed by atoms with E-state index in [0.29, 0.717) is 17.0 Å². The molecule has 0 saturated carbocycles. The number of Topliss-reactive ketones (excluding diaryl/α,β-unsaturated/α-hetero) is 1. The van der Waals surface area contributed by atoms with E-state index in [9.17, 15) is 9.59 Å². The van der Waals surface area contributed by atoms with Gasteiger partial charge in [-0.15, -0.1) is 0 Å². The Morgan fingerprint density at radius 3 is 2.64 bits per heavy atom. The fourth-order valence-corrected chi connectivity index (χ4v) is 2.77. The standard InChI is InChI=1S/C18H17BrN2O3S/c1-11-8-14(19)6-7-16(11)24-10-17(23)21-18(25)20-15-5-3-4-13(9-15)12(2)22/h3-9H,10H2,1-2H3,(H2,20,21,23,25). The monoisotopic (exact) mass is 420 g/mol. The minimum atomic E-state index is -0.373. The van der Waals surface area contributed by atoms with Crippen molar-refractivity contribution in [2.24, 2.45) is 0 Å². The van der Waals surface area contributed by atoms with Gasteiger partial charge >= 0.3 is 0 Å². The van der Waals surface area contributed by atoms with Crippen molar-refractivity contribution < 1.29 is 14.3 Å². The molecule has 1 amide bonds. The number of carbonyl (C=O) groups excluding carboxylic acids is 2. The summed E-state index contributed by atoms with van der Waals surface area (Å²) < 4.78 is 6.43. The second kappa shape index (κ2) is 8.73. The predicted octanol–water partition coefficient (Wildman–Crippen LogP) is 3.85. The number of nitrogens with one attached hydrogen (secondary N) is 2. The number of hydrogen-bond donors (Lipinski definition) is 2. The van der Waals surface area contributed by atoms with Gasteiger partial charge in [-0.2, -0.15) is 0 Å². The van der Waals surface area contributed by atoms with Gasteiger partial charge in [0.2, 0.25) is 0 Å². The van der Waals surface area contributed by atoms with E-state index < -0.39 is 0 Å². The summed E-state index contributed by atoms with van der Waals surface area (Å²) >= 11 is 8.48. The number of benzene rings is 2. The normalized spacial score (nSPS) is 10.0. The lowest BCUT2D eigenvalue weighted by atomic mass is 10.1. The highest BCUT2D eigenvalue weighted by atomic mass is 79.9. The van der Waals surface area contributed by atoms with Crippen molar-refractivity contribution in [3.8, 4) is 5.75 Å². The molecule has 7 heteroatoms. The average Bonchev–Trinajstić information content (AvgIpc) is 2.54. The zero-order valence-electron chi connectivity index (χ0n) is 13.8. The molecule has 0 saturated heterocycles. The van der Waals surface area contributed by atoms with Crippen LogP contribution in [0, 0.1) is 6.92 Å². The smallest absolute Gasteiger partial charge is 0.264 e. The van der Waals surface area contributed by atoms with Crippen molar-refractivity contribution in [2.45, 2.75) is 13.8 Å². The molecule has 0 aliphatic heterocycles. The van der Waals surface area contributed by atoms with E-state index in [1.165, 1.54) is 6.92 Å². The topological polar surface area (TPSA) is 67.4 Å². The molecule has 2 rings (SSSR count). The molecule has 2 N–H and O–H groups in total. The van der Waals surface area contributed by atoms with Crippen molar-refractivity contribution in [2.75, 3.05) is 11.9 Å². The second-order valence-corrected chi connectivity index (χ2v) is 6.66. The molecule has 0 aliphatic rings. The summed E-state index contributed by atoms with van der Waals surface area (Å²) in [4.78, 5) is 23.3. The zero-order chi connectivity index (χ0) is 18.4. The summed E-state index contributed by atoms with van der Waals surface area (Å²) in [6.07, 6.45) is 0. The first-order valence-electron chi connectivity index (χ1n) is 7.46. The van der Waals surface area contributed by atoms with Crippen molar-refractivity contribution in [1.29, 1.82) is 0 Å². The van der Waals surface area contributed by atoms with Gasteiger partial charge < -0.3 is 10.1 Å². The Bertz CT molecular complexity index is 824. The molecule has 0 bridgehead atoms. The first-order chi connectivity index (χ1) is 11.8. The largest absolute Gasteiger partial charge is 0.483 e. The quantitative estimate of drug-likeness (QED) is 0.567. The molecular weight excluding hydrogens is 404 g/mol. The van der Waals surface area contributed by atoms with E-state index in [2.05, 4.69) is 26.6 Å².